The van der Waals surface area contributed by atoms with Gasteiger partial charge >= 0.3 is 6.09 Å². The summed E-state index contributed by atoms with van der Waals surface area (Å²) in [4.78, 5) is 26.0. The van der Waals surface area contributed by atoms with Crippen molar-refractivity contribution in [2.75, 3.05) is 19.6 Å². The summed E-state index contributed by atoms with van der Waals surface area (Å²) in [5, 5.41) is 5.70. The van der Waals surface area contributed by atoms with E-state index in [4.69, 9.17) is 4.74 Å². The molecule has 2 fully saturated rings. The summed E-state index contributed by atoms with van der Waals surface area (Å²) < 4.78 is 5.14. The molecule has 0 bridgehead atoms. The minimum atomic E-state index is -0.514. The van der Waals surface area contributed by atoms with Crippen molar-refractivity contribution in [2.45, 2.75) is 77.0 Å². The zero-order valence-corrected chi connectivity index (χ0v) is 14.7. The molecule has 1 aliphatic carbocycles. The van der Waals surface area contributed by atoms with E-state index in [0.717, 1.165) is 25.6 Å². The van der Waals surface area contributed by atoms with E-state index < -0.39 is 11.7 Å². The highest BCUT2D eigenvalue weighted by Crippen LogP contribution is 2.26. The van der Waals surface area contributed by atoms with Gasteiger partial charge in [0.1, 0.15) is 5.60 Å². The predicted molar refractivity (Wildman–Crippen MR) is 89.2 cm³/mol. The number of rotatable bonds is 5. The second kappa shape index (κ2) is 7.99. The number of hydrogen-bond acceptors (Lipinski definition) is 4. The molecule has 6 nitrogen and oxygen atoms in total. The fraction of sp³-hybridized carbons (Fsp3) is 0.882. The van der Waals surface area contributed by atoms with E-state index in [9.17, 15) is 9.59 Å². The lowest BCUT2D eigenvalue weighted by molar-refractivity contribution is -0.121. The van der Waals surface area contributed by atoms with E-state index in [1.165, 1.54) is 25.7 Å². The first-order valence-electron chi connectivity index (χ1n) is 8.84. The molecule has 2 aliphatic rings. The van der Waals surface area contributed by atoms with Gasteiger partial charge in [-0.3, -0.25) is 9.69 Å². The highest BCUT2D eigenvalue weighted by Gasteiger charge is 2.30. The maximum absolute atomic E-state index is 12.0. The summed E-state index contributed by atoms with van der Waals surface area (Å²) in [5.41, 5.74) is -0.514. The Morgan fingerprint density at radius 2 is 1.87 bits per heavy atom. The van der Waals surface area contributed by atoms with Crippen molar-refractivity contribution < 1.29 is 14.3 Å². The smallest absolute Gasteiger partial charge is 0.407 e. The van der Waals surface area contributed by atoms with E-state index in [0.29, 0.717) is 13.0 Å². The van der Waals surface area contributed by atoms with Gasteiger partial charge in [0, 0.05) is 38.1 Å². The molecule has 0 aromatic rings. The third-order valence-electron chi connectivity index (χ3n) is 4.45. The molecule has 1 aliphatic heterocycles. The molecule has 1 heterocycles. The zero-order valence-electron chi connectivity index (χ0n) is 14.7. The highest BCUT2D eigenvalue weighted by atomic mass is 16.6. The molecule has 6 heteroatoms. The molecule has 1 saturated carbocycles. The van der Waals surface area contributed by atoms with E-state index in [2.05, 4.69) is 15.5 Å². The number of ether oxygens (including phenoxy) is 1. The lowest BCUT2D eigenvalue weighted by atomic mass is 10.2. The maximum atomic E-state index is 12.0. The van der Waals surface area contributed by atoms with E-state index >= 15 is 0 Å². The van der Waals surface area contributed by atoms with Crippen LogP contribution in [0.15, 0.2) is 0 Å². The average molecular weight is 325 g/mol. The van der Waals surface area contributed by atoms with Crippen LogP contribution in [0.5, 0.6) is 0 Å². The van der Waals surface area contributed by atoms with E-state index in [1.807, 2.05) is 20.8 Å². The maximum Gasteiger partial charge on any atom is 0.407 e. The molecule has 2 rings (SSSR count). The summed E-state index contributed by atoms with van der Waals surface area (Å²) in [6.07, 6.45) is 6.14. The Labute approximate surface area is 139 Å². The van der Waals surface area contributed by atoms with Crippen molar-refractivity contribution in [3.8, 4) is 0 Å². The SMILES string of the molecule is CC(C)(C)OC(=O)NCCC(=O)N[C@@H]1CCN(C2CCCC2)C1. The fourth-order valence-corrected chi connectivity index (χ4v) is 3.40. The Balaban J connectivity index is 1.59. The van der Waals surface area contributed by atoms with Crippen LogP contribution in [0.1, 0.15) is 59.3 Å². The number of carbonyl (C=O) groups is 2. The second-order valence-corrected chi connectivity index (χ2v) is 7.66. The van der Waals surface area contributed by atoms with Gasteiger partial charge in [0.05, 0.1) is 0 Å². The average Bonchev–Trinajstić information content (AvgIpc) is 3.06. The van der Waals surface area contributed by atoms with Crippen molar-refractivity contribution in [3.05, 3.63) is 0 Å². The van der Waals surface area contributed by atoms with Gasteiger partial charge in [-0.15, -0.1) is 0 Å². The Bertz CT molecular complexity index is 414. The lowest BCUT2D eigenvalue weighted by Crippen LogP contribution is -2.40. The first-order chi connectivity index (χ1) is 10.8. The summed E-state index contributed by atoms with van der Waals surface area (Å²) in [6.45, 7) is 7.81. The molecule has 1 saturated heterocycles. The van der Waals surface area contributed by atoms with Gasteiger partial charge in [0.15, 0.2) is 0 Å². The standard InChI is InChI=1S/C17H31N3O3/c1-17(2,3)23-16(22)18-10-8-15(21)19-13-9-11-20(12-13)14-6-4-5-7-14/h13-14H,4-12H2,1-3H3,(H,18,22)(H,19,21)/t13-/m1/s1. The molecule has 2 amide bonds. The first-order valence-corrected chi connectivity index (χ1v) is 8.84. The summed E-state index contributed by atoms with van der Waals surface area (Å²) >= 11 is 0. The fourth-order valence-electron chi connectivity index (χ4n) is 3.40. The van der Waals surface area contributed by atoms with Crippen molar-refractivity contribution >= 4 is 12.0 Å². The van der Waals surface area contributed by atoms with Gasteiger partial charge in [0.2, 0.25) is 5.91 Å². The summed E-state index contributed by atoms with van der Waals surface area (Å²) in [6, 6.07) is 0.982. The van der Waals surface area contributed by atoms with E-state index in [-0.39, 0.29) is 11.9 Å². The van der Waals surface area contributed by atoms with Gasteiger partial charge in [-0.1, -0.05) is 12.8 Å². The molecule has 0 aromatic carbocycles. The molecule has 0 aromatic heterocycles. The van der Waals surface area contributed by atoms with Gasteiger partial charge in [0.25, 0.3) is 0 Å². The number of hydrogen-bond donors (Lipinski definition) is 2. The summed E-state index contributed by atoms with van der Waals surface area (Å²) in [5.74, 6) is -0.000620. The number of alkyl carbamates (subject to hydrolysis) is 1. The molecule has 0 radical (unpaired) electrons. The molecule has 2 N–H and O–H groups in total. The van der Waals surface area contributed by atoms with Crippen LogP contribution in [0.4, 0.5) is 4.79 Å². The third kappa shape index (κ3) is 6.37. The van der Waals surface area contributed by atoms with Crippen molar-refractivity contribution in [1.82, 2.24) is 15.5 Å². The topological polar surface area (TPSA) is 70.7 Å². The van der Waals surface area contributed by atoms with Gasteiger partial charge < -0.3 is 15.4 Å². The quantitative estimate of drug-likeness (QED) is 0.811. The zero-order chi connectivity index (χ0) is 16.9. The molecule has 0 spiro atoms. The number of likely N-dealkylation sites (tertiary alicyclic amines) is 1. The van der Waals surface area contributed by atoms with Crippen molar-refractivity contribution in [1.29, 1.82) is 0 Å². The van der Waals surface area contributed by atoms with Crippen LogP contribution in [0.25, 0.3) is 0 Å². The van der Waals surface area contributed by atoms with Crippen LogP contribution >= 0.6 is 0 Å². The Kier molecular flexibility index (Phi) is 6.27. The van der Waals surface area contributed by atoms with E-state index in [1.54, 1.807) is 0 Å². The third-order valence-corrected chi connectivity index (χ3v) is 4.45. The van der Waals surface area contributed by atoms with Crippen LogP contribution in [0, 0.1) is 0 Å². The Morgan fingerprint density at radius 3 is 2.52 bits per heavy atom. The minimum absolute atomic E-state index is 0.000620. The first kappa shape index (κ1) is 18.0. The normalized spacial score (nSPS) is 23.0. The van der Waals surface area contributed by atoms with Gasteiger partial charge in [-0.25, -0.2) is 4.79 Å². The van der Waals surface area contributed by atoms with Crippen LogP contribution in [0.3, 0.4) is 0 Å². The molecule has 0 unspecified atom stereocenters. The Hall–Kier alpha value is -1.30. The van der Waals surface area contributed by atoms with Crippen LogP contribution in [0.2, 0.25) is 0 Å². The predicted octanol–water partition coefficient (Wildman–Crippen LogP) is 2.03. The molecular formula is C17H31N3O3. The number of nitrogens with one attached hydrogen (secondary N) is 2. The second-order valence-electron chi connectivity index (χ2n) is 7.66. The van der Waals surface area contributed by atoms with Gasteiger partial charge in [-0.05, 0) is 40.0 Å². The minimum Gasteiger partial charge on any atom is -0.444 e. The van der Waals surface area contributed by atoms with Gasteiger partial charge in [-0.2, -0.15) is 0 Å². The van der Waals surface area contributed by atoms with Crippen molar-refractivity contribution in [2.24, 2.45) is 0 Å². The molecule has 1 atom stereocenters. The number of carbonyl (C=O) groups excluding carboxylic acids is 2. The van der Waals surface area contributed by atoms with Crippen LogP contribution in [-0.2, 0) is 9.53 Å². The number of amides is 2. The lowest BCUT2D eigenvalue weighted by Gasteiger charge is -2.23. The molecular weight excluding hydrogens is 294 g/mol. The molecule has 132 valence electrons. The highest BCUT2D eigenvalue weighted by molar-refractivity contribution is 5.77. The van der Waals surface area contributed by atoms with Crippen LogP contribution < -0.4 is 10.6 Å². The van der Waals surface area contributed by atoms with Crippen molar-refractivity contribution in [3.63, 3.8) is 0 Å². The molecule has 23 heavy (non-hydrogen) atoms. The summed E-state index contributed by atoms with van der Waals surface area (Å²) in [7, 11) is 0. The Morgan fingerprint density at radius 1 is 1.17 bits per heavy atom. The monoisotopic (exact) mass is 325 g/mol. The number of nitrogens with zero attached hydrogens (tertiary/aromatic N) is 1. The van der Waals surface area contributed by atoms with Crippen LogP contribution in [-0.4, -0.2) is 54.2 Å². The largest absolute Gasteiger partial charge is 0.444 e.